The lowest BCUT2D eigenvalue weighted by Gasteiger charge is -2.15. The maximum Gasteiger partial charge on any atom is 0.252 e. The molecule has 0 bridgehead atoms. The van der Waals surface area contributed by atoms with E-state index in [0.717, 1.165) is 36.0 Å². The van der Waals surface area contributed by atoms with Crippen LogP contribution in [-0.2, 0) is 4.79 Å². The minimum atomic E-state index is -0.144. The van der Waals surface area contributed by atoms with Crippen LogP contribution in [0.25, 0.3) is 0 Å². The van der Waals surface area contributed by atoms with Gasteiger partial charge in [0.15, 0.2) is 0 Å². The molecule has 0 saturated carbocycles. The molecule has 1 aromatic carbocycles. The van der Waals surface area contributed by atoms with Crippen molar-refractivity contribution in [2.75, 3.05) is 19.6 Å². The van der Waals surface area contributed by atoms with E-state index in [4.69, 9.17) is 0 Å². The summed E-state index contributed by atoms with van der Waals surface area (Å²) in [6, 6.07) is 5.64. The number of nitrogens with one attached hydrogen (secondary N) is 1. The van der Waals surface area contributed by atoms with E-state index in [1.54, 1.807) is 0 Å². The molecule has 0 radical (unpaired) electrons. The van der Waals surface area contributed by atoms with Crippen LogP contribution in [0.15, 0.2) is 22.7 Å². The second-order valence-electron chi connectivity index (χ2n) is 5.08. The summed E-state index contributed by atoms with van der Waals surface area (Å²) in [6.07, 6.45) is 2.55. The summed E-state index contributed by atoms with van der Waals surface area (Å²) < 4.78 is 0.770. The number of carbonyl (C=O) groups excluding carboxylic acids is 2. The topological polar surface area (TPSA) is 49.4 Å². The third-order valence-corrected chi connectivity index (χ3v) is 4.14. The standard InChI is InChI=1S/C15H19BrN2O2/c1-11-4-5-13(16)12(10-11)15(20)17-7-6-14(19)18-8-2-3-9-18/h4-5,10H,2-3,6-9H2,1H3,(H,17,20). The van der Waals surface area contributed by atoms with Crippen molar-refractivity contribution in [3.63, 3.8) is 0 Å². The lowest BCUT2D eigenvalue weighted by Crippen LogP contribution is -2.32. The largest absolute Gasteiger partial charge is 0.351 e. The van der Waals surface area contributed by atoms with Crippen molar-refractivity contribution in [1.29, 1.82) is 0 Å². The lowest BCUT2D eigenvalue weighted by atomic mass is 10.1. The fourth-order valence-electron chi connectivity index (χ4n) is 2.32. The number of carbonyl (C=O) groups is 2. The quantitative estimate of drug-likeness (QED) is 0.916. The van der Waals surface area contributed by atoms with Crippen molar-refractivity contribution in [3.05, 3.63) is 33.8 Å². The van der Waals surface area contributed by atoms with E-state index in [1.165, 1.54) is 0 Å². The van der Waals surface area contributed by atoms with E-state index >= 15 is 0 Å². The van der Waals surface area contributed by atoms with Gasteiger partial charge in [-0.1, -0.05) is 11.6 Å². The van der Waals surface area contributed by atoms with Crippen LogP contribution in [0.1, 0.15) is 35.2 Å². The second kappa shape index (κ2) is 6.88. The van der Waals surface area contributed by atoms with Crippen molar-refractivity contribution in [2.45, 2.75) is 26.2 Å². The molecule has 1 saturated heterocycles. The summed E-state index contributed by atoms with van der Waals surface area (Å²) in [7, 11) is 0. The van der Waals surface area contributed by atoms with Crippen LogP contribution in [0.3, 0.4) is 0 Å². The van der Waals surface area contributed by atoms with Gasteiger partial charge in [0.2, 0.25) is 5.91 Å². The molecule has 1 N–H and O–H groups in total. The van der Waals surface area contributed by atoms with Gasteiger partial charge in [-0.15, -0.1) is 0 Å². The third kappa shape index (κ3) is 3.82. The predicted molar refractivity (Wildman–Crippen MR) is 81.6 cm³/mol. The van der Waals surface area contributed by atoms with E-state index in [2.05, 4.69) is 21.2 Å². The Morgan fingerprint density at radius 2 is 2.00 bits per heavy atom. The number of likely N-dealkylation sites (tertiary alicyclic amines) is 1. The molecule has 1 heterocycles. The number of rotatable bonds is 4. The molecule has 0 aliphatic carbocycles. The smallest absolute Gasteiger partial charge is 0.252 e. The predicted octanol–water partition coefficient (Wildman–Crippen LogP) is 2.50. The maximum absolute atomic E-state index is 12.1. The van der Waals surface area contributed by atoms with Gasteiger partial charge in [-0.3, -0.25) is 9.59 Å². The first-order valence-electron chi connectivity index (χ1n) is 6.90. The van der Waals surface area contributed by atoms with Gasteiger partial charge >= 0.3 is 0 Å². The number of hydrogen-bond donors (Lipinski definition) is 1. The summed E-state index contributed by atoms with van der Waals surface area (Å²) in [5, 5.41) is 2.80. The monoisotopic (exact) mass is 338 g/mol. The van der Waals surface area contributed by atoms with Gasteiger partial charge in [-0.25, -0.2) is 0 Å². The summed E-state index contributed by atoms with van der Waals surface area (Å²) >= 11 is 3.37. The van der Waals surface area contributed by atoms with Crippen molar-refractivity contribution in [2.24, 2.45) is 0 Å². The number of amides is 2. The SMILES string of the molecule is Cc1ccc(Br)c(C(=O)NCCC(=O)N2CCCC2)c1. The molecular weight excluding hydrogens is 320 g/mol. The van der Waals surface area contributed by atoms with Gasteiger partial charge in [0, 0.05) is 30.5 Å². The highest BCUT2D eigenvalue weighted by atomic mass is 79.9. The molecule has 0 atom stereocenters. The summed E-state index contributed by atoms with van der Waals surface area (Å²) in [5.74, 6) is -0.0131. The zero-order valence-electron chi connectivity index (χ0n) is 11.6. The number of aryl methyl sites for hydroxylation is 1. The molecule has 4 nitrogen and oxygen atoms in total. The Morgan fingerprint density at radius 3 is 2.70 bits per heavy atom. The zero-order chi connectivity index (χ0) is 14.5. The fraction of sp³-hybridized carbons (Fsp3) is 0.467. The number of hydrogen-bond acceptors (Lipinski definition) is 2. The molecule has 0 unspecified atom stereocenters. The molecule has 108 valence electrons. The maximum atomic E-state index is 12.1. The highest BCUT2D eigenvalue weighted by Crippen LogP contribution is 2.18. The van der Waals surface area contributed by atoms with Gasteiger partial charge < -0.3 is 10.2 Å². The van der Waals surface area contributed by atoms with Crippen molar-refractivity contribution in [3.8, 4) is 0 Å². The van der Waals surface area contributed by atoms with Crippen LogP contribution in [0.4, 0.5) is 0 Å². The Bertz CT molecular complexity index is 511. The molecule has 0 aromatic heterocycles. The van der Waals surface area contributed by atoms with Crippen LogP contribution in [-0.4, -0.2) is 36.3 Å². The Labute approximate surface area is 127 Å². The van der Waals surface area contributed by atoms with Crippen molar-refractivity contribution in [1.82, 2.24) is 10.2 Å². The highest BCUT2D eigenvalue weighted by Gasteiger charge is 2.17. The number of nitrogens with zero attached hydrogens (tertiary/aromatic N) is 1. The molecule has 20 heavy (non-hydrogen) atoms. The van der Waals surface area contributed by atoms with Gasteiger partial charge in [-0.2, -0.15) is 0 Å². The molecular formula is C15H19BrN2O2. The lowest BCUT2D eigenvalue weighted by molar-refractivity contribution is -0.129. The van der Waals surface area contributed by atoms with Crippen LogP contribution in [0.5, 0.6) is 0 Å². The van der Waals surface area contributed by atoms with Gasteiger partial charge in [0.05, 0.1) is 5.56 Å². The van der Waals surface area contributed by atoms with Crippen LogP contribution in [0, 0.1) is 6.92 Å². The molecule has 1 aliphatic rings. The average molecular weight is 339 g/mol. The Kier molecular flexibility index (Phi) is 5.17. The highest BCUT2D eigenvalue weighted by molar-refractivity contribution is 9.10. The van der Waals surface area contributed by atoms with E-state index in [0.29, 0.717) is 18.5 Å². The van der Waals surface area contributed by atoms with Gasteiger partial charge in [-0.05, 0) is 47.8 Å². The summed E-state index contributed by atoms with van der Waals surface area (Å²) in [5.41, 5.74) is 1.64. The van der Waals surface area contributed by atoms with Crippen molar-refractivity contribution >= 4 is 27.7 Å². The number of halogens is 1. The first kappa shape index (κ1) is 15.0. The molecule has 1 aliphatic heterocycles. The van der Waals surface area contributed by atoms with E-state index in [1.807, 2.05) is 30.0 Å². The second-order valence-corrected chi connectivity index (χ2v) is 5.93. The summed E-state index contributed by atoms with van der Waals surface area (Å²) in [4.78, 5) is 25.8. The molecule has 1 aromatic rings. The average Bonchev–Trinajstić information content (AvgIpc) is 2.95. The number of benzene rings is 1. The Morgan fingerprint density at radius 1 is 1.30 bits per heavy atom. The van der Waals surface area contributed by atoms with Crippen LogP contribution >= 0.6 is 15.9 Å². The Hall–Kier alpha value is -1.36. The zero-order valence-corrected chi connectivity index (χ0v) is 13.2. The normalized spacial score (nSPS) is 14.4. The first-order chi connectivity index (χ1) is 9.58. The Balaban J connectivity index is 1.83. The van der Waals surface area contributed by atoms with Gasteiger partial charge in [0.1, 0.15) is 0 Å². The third-order valence-electron chi connectivity index (χ3n) is 3.45. The molecule has 2 amide bonds. The molecule has 2 rings (SSSR count). The summed E-state index contributed by atoms with van der Waals surface area (Å²) in [6.45, 7) is 4.04. The molecule has 5 heteroatoms. The minimum absolute atomic E-state index is 0.131. The molecule has 0 spiro atoms. The van der Waals surface area contributed by atoms with Crippen LogP contribution in [0.2, 0.25) is 0 Å². The van der Waals surface area contributed by atoms with E-state index in [9.17, 15) is 9.59 Å². The fourth-order valence-corrected chi connectivity index (χ4v) is 2.74. The van der Waals surface area contributed by atoms with Gasteiger partial charge in [0.25, 0.3) is 5.91 Å². The van der Waals surface area contributed by atoms with E-state index < -0.39 is 0 Å². The first-order valence-corrected chi connectivity index (χ1v) is 7.69. The molecule has 1 fully saturated rings. The van der Waals surface area contributed by atoms with E-state index in [-0.39, 0.29) is 11.8 Å². The van der Waals surface area contributed by atoms with Crippen LogP contribution < -0.4 is 5.32 Å². The minimum Gasteiger partial charge on any atom is -0.351 e. The van der Waals surface area contributed by atoms with Crippen molar-refractivity contribution < 1.29 is 9.59 Å².